The summed E-state index contributed by atoms with van der Waals surface area (Å²) >= 11 is 0. The minimum absolute atomic E-state index is 0.168. The smallest absolute Gasteiger partial charge is 0.330 e. The zero-order valence-corrected chi connectivity index (χ0v) is 15.1. The van der Waals surface area contributed by atoms with Crippen molar-refractivity contribution in [2.75, 3.05) is 6.61 Å². The minimum atomic E-state index is -2.38. The summed E-state index contributed by atoms with van der Waals surface area (Å²) in [6.45, 7) is 5.74. The Morgan fingerprint density at radius 2 is 1.92 bits per heavy atom. The third kappa shape index (κ3) is 3.28. The van der Waals surface area contributed by atoms with Crippen LogP contribution in [0.25, 0.3) is 0 Å². The maximum absolute atomic E-state index is 15.8. The first kappa shape index (κ1) is 19.8. The molecule has 1 fully saturated rings. The first-order chi connectivity index (χ1) is 11.9. The molecule has 0 bridgehead atoms. The number of rotatable bonds is 4. The molecule has 9 nitrogen and oxygen atoms in total. The highest BCUT2D eigenvalue weighted by Gasteiger charge is 2.66. The lowest BCUT2D eigenvalue weighted by Crippen LogP contribution is -2.55. The number of hydrogen-bond donors (Lipinski definition) is 1. The number of H-pyrrole nitrogens is 1. The third-order valence-electron chi connectivity index (χ3n) is 4.53. The van der Waals surface area contributed by atoms with Crippen molar-refractivity contribution < 1.29 is 28.2 Å². The molecule has 0 radical (unpaired) electrons. The molecule has 0 aromatic carbocycles. The standard InChI is InChI=1S/C16H21FN2O7/c1-8-6-19(14(23)18-12(8)22)13-15(4,17)16(5,26-10(3)21)11(25-13)7-24-9(2)20/h6,11,13H,7H2,1-5H3,(H,18,22,23)/t11-,13+,15+,16-/m1/s1. The summed E-state index contributed by atoms with van der Waals surface area (Å²) in [4.78, 5) is 48.4. The zero-order valence-electron chi connectivity index (χ0n) is 15.1. The van der Waals surface area contributed by atoms with Gasteiger partial charge in [-0.25, -0.2) is 9.18 Å². The fraction of sp³-hybridized carbons (Fsp3) is 0.625. The summed E-state index contributed by atoms with van der Waals surface area (Å²) in [5.74, 6) is -1.39. The maximum atomic E-state index is 15.8. The molecule has 1 aliphatic rings. The Hall–Kier alpha value is -2.49. The van der Waals surface area contributed by atoms with Gasteiger partial charge < -0.3 is 14.2 Å². The van der Waals surface area contributed by atoms with Gasteiger partial charge in [0.15, 0.2) is 17.5 Å². The maximum Gasteiger partial charge on any atom is 0.330 e. The van der Waals surface area contributed by atoms with Crippen LogP contribution in [0.2, 0.25) is 0 Å². The third-order valence-corrected chi connectivity index (χ3v) is 4.53. The average Bonchev–Trinajstić information content (AvgIpc) is 2.68. The Kier molecular flexibility index (Phi) is 5.09. The number of esters is 2. The summed E-state index contributed by atoms with van der Waals surface area (Å²) in [5.41, 5.74) is -5.54. The van der Waals surface area contributed by atoms with Crippen LogP contribution < -0.4 is 11.2 Å². The fourth-order valence-corrected chi connectivity index (χ4v) is 2.92. The van der Waals surface area contributed by atoms with Crippen LogP contribution in [0.4, 0.5) is 4.39 Å². The monoisotopic (exact) mass is 372 g/mol. The molecule has 10 heteroatoms. The molecule has 1 N–H and O–H groups in total. The lowest BCUT2D eigenvalue weighted by Gasteiger charge is -2.36. The first-order valence-electron chi connectivity index (χ1n) is 7.89. The number of carbonyl (C=O) groups is 2. The highest BCUT2D eigenvalue weighted by molar-refractivity contribution is 5.67. The van der Waals surface area contributed by atoms with Gasteiger partial charge in [-0.15, -0.1) is 0 Å². The number of alkyl halides is 1. The Balaban J connectivity index is 2.54. The molecule has 144 valence electrons. The number of hydrogen-bond acceptors (Lipinski definition) is 7. The Bertz CT molecular complexity index is 844. The van der Waals surface area contributed by atoms with E-state index in [9.17, 15) is 19.2 Å². The summed E-state index contributed by atoms with van der Waals surface area (Å²) < 4.78 is 32.3. The number of carbonyl (C=O) groups excluding carboxylic acids is 2. The minimum Gasteiger partial charge on any atom is -0.463 e. The molecule has 1 aromatic rings. The quantitative estimate of drug-likeness (QED) is 0.758. The Labute approximate surface area is 148 Å². The van der Waals surface area contributed by atoms with E-state index in [0.717, 1.165) is 24.6 Å². The summed E-state index contributed by atoms with van der Waals surface area (Å²) in [6, 6.07) is 0. The van der Waals surface area contributed by atoms with Crippen LogP contribution in [0.5, 0.6) is 0 Å². The predicted octanol–water partition coefficient (Wildman–Crippen LogP) is 0.356. The van der Waals surface area contributed by atoms with Crippen molar-refractivity contribution in [2.45, 2.75) is 58.2 Å². The summed E-state index contributed by atoms with van der Waals surface area (Å²) in [6.07, 6.45) is -1.53. The number of aromatic nitrogens is 2. The van der Waals surface area contributed by atoms with Gasteiger partial charge in [0.1, 0.15) is 12.7 Å². The molecular weight excluding hydrogens is 351 g/mol. The molecule has 26 heavy (non-hydrogen) atoms. The van der Waals surface area contributed by atoms with Crippen molar-refractivity contribution in [1.82, 2.24) is 9.55 Å². The van der Waals surface area contributed by atoms with Crippen molar-refractivity contribution in [2.24, 2.45) is 0 Å². The summed E-state index contributed by atoms with van der Waals surface area (Å²) in [5, 5.41) is 0. The van der Waals surface area contributed by atoms with Crippen LogP contribution in [0.3, 0.4) is 0 Å². The number of nitrogens with one attached hydrogen (secondary N) is 1. The topological polar surface area (TPSA) is 117 Å². The van der Waals surface area contributed by atoms with Crippen molar-refractivity contribution in [3.63, 3.8) is 0 Å². The van der Waals surface area contributed by atoms with Crippen LogP contribution in [-0.4, -0.2) is 45.5 Å². The van der Waals surface area contributed by atoms with Gasteiger partial charge in [0.05, 0.1) is 0 Å². The number of ether oxygens (including phenoxy) is 3. The van der Waals surface area contributed by atoms with Gasteiger partial charge in [-0.1, -0.05) is 0 Å². The van der Waals surface area contributed by atoms with Crippen LogP contribution in [0.15, 0.2) is 15.8 Å². The molecule has 1 saturated heterocycles. The van der Waals surface area contributed by atoms with E-state index >= 15 is 4.39 Å². The van der Waals surface area contributed by atoms with Gasteiger partial charge in [0, 0.05) is 25.6 Å². The molecule has 2 heterocycles. The van der Waals surface area contributed by atoms with E-state index in [0.29, 0.717) is 0 Å². The second-order valence-corrected chi connectivity index (χ2v) is 6.53. The van der Waals surface area contributed by atoms with E-state index in [2.05, 4.69) is 4.98 Å². The van der Waals surface area contributed by atoms with E-state index in [1.807, 2.05) is 0 Å². The largest absolute Gasteiger partial charge is 0.463 e. The van der Waals surface area contributed by atoms with Crippen LogP contribution in [-0.2, 0) is 23.8 Å². The molecule has 0 spiro atoms. The van der Waals surface area contributed by atoms with E-state index in [1.165, 1.54) is 20.8 Å². The molecular formula is C16H21FN2O7. The number of nitrogens with zero attached hydrogens (tertiary/aromatic N) is 1. The second-order valence-electron chi connectivity index (χ2n) is 6.53. The van der Waals surface area contributed by atoms with Crippen molar-refractivity contribution >= 4 is 11.9 Å². The van der Waals surface area contributed by atoms with Gasteiger partial charge in [0.25, 0.3) is 5.56 Å². The van der Waals surface area contributed by atoms with Crippen molar-refractivity contribution in [3.05, 3.63) is 32.6 Å². The highest BCUT2D eigenvalue weighted by atomic mass is 19.1. The zero-order chi connectivity index (χ0) is 19.9. The Morgan fingerprint density at radius 1 is 1.31 bits per heavy atom. The first-order valence-corrected chi connectivity index (χ1v) is 7.89. The van der Waals surface area contributed by atoms with E-state index in [4.69, 9.17) is 14.2 Å². The molecule has 0 unspecified atom stereocenters. The Morgan fingerprint density at radius 3 is 2.46 bits per heavy atom. The number of halogens is 1. The van der Waals surface area contributed by atoms with Gasteiger partial charge in [-0.05, 0) is 20.8 Å². The second kappa shape index (κ2) is 6.67. The number of aryl methyl sites for hydroxylation is 1. The van der Waals surface area contributed by atoms with E-state index in [-0.39, 0.29) is 12.2 Å². The molecule has 0 saturated carbocycles. The van der Waals surface area contributed by atoms with E-state index < -0.39 is 46.8 Å². The summed E-state index contributed by atoms with van der Waals surface area (Å²) in [7, 11) is 0. The SMILES string of the molecule is CC(=O)OC[C@H]1O[C@H](n2cc(C)c(=O)[nH]c2=O)[C@](C)(F)[C@]1(C)OC(C)=O. The van der Waals surface area contributed by atoms with Crippen LogP contribution in [0.1, 0.15) is 39.5 Å². The molecule has 4 atom stereocenters. The van der Waals surface area contributed by atoms with Crippen molar-refractivity contribution in [3.8, 4) is 0 Å². The van der Waals surface area contributed by atoms with Gasteiger partial charge >= 0.3 is 17.6 Å². The fourth-order valence-electron chi connectivity index (χ4n) is 2.92. The lowest BCUT2D eigenvalue weighted by molar-refractivity contribution is -0.178. The molecule has 1 aromatic heterocycles. The van der Waals surface area contributed by atoms with Gasteiger partial charge in [0.2, 0.25) is 0 Å². The van der Waals surface area contributed by atoms with Crippen LogP contribution in [0, 0.1) is 6.92 Å². The number of aromatic amines is 1. The van der Waals surface area contributed by atoms with Gasteiger partial charge in [-0.3, -0.25) is 23.9 Å². The average molecular weight is 372 g/mol. The van der Waals surface area contributed by atoms with Crippen LogP contribution >= 0.6 is 0 Å². The van der Waals surface area contributed by atoms with E-state index in [1.54, 1.807) is 0 Å². The molecule has 2 rings (SSSR count). The molecule has 1 aliphatic heterocycles. The van der Waals surface area contributed by atoms with Crippen molar-refractivity contribution in [1.29, 1.82) is 0 Å². The normalized spacial score (nSPS) is 30.8. The lowest BCUT2D eigenvalue weighted by atomic mass is 9.84. The predicted molar refractivity (Wildman–Crippen MR) is 86.3 cm³/mol. The molecule has 0 aliphatic carbocycles. The van der Waals surface area contributed by atoms with Gasteiger partial charge in [-0.2, -0.15) is 0 Å². The molecule has 0 amide bonds. The highest BCUT2D eigenvalue weighted by Crippen LogP contribution is 2.49.